The highest BCUT2D eigenvalue weighted by molar-refractivity contribution is 5.93. The molecule has 0 fully saturated rings. The van der Waals surface area contributed by atoms with Crippen LogP contribution in [0.15, 0.2) is 42.5 Å². The standard InChI is InChI=1S/C32H47N3O6/c1-7-21(2)28(35-29(37)26(33)19-22-15-16-23-12-8-9-13-24(23)18-22)27(36)20-25(30(38)40-6)14-10-11-17-34-31(39)41-32(3,4)5/h8-9,12-13,15-16,18,21,25-26,28H,7,10-11,14,17,19-20,33H2,1-6H3,(H,34,39)(H,35,37)/t21-,25+,26-,28-/m0/s1. The number of benzene rings is 2. The number of nitrogens with two attached hydrogens (primary N) is 1. The van der Waals surface area contributed by atoms with Crippen LogP contribution in [0.3, 0.4) is 0 Å². The lowest BCUT2D eigenvalue weighted by Gasteiger charge is -2.26. The molecule has 0 aromatic heterocycles. The van der Waals surface area contributed by atoms with Gasteiger partial charge in [-0.25, -0.2) is 4.79 Å². The maximum Gasteiger partial charge on any atom is 0.407 e. The minimum atomic E-state index is -0.829. The Hall–Kier alpha value is -3.46. The van der Waals surface area contributed by atoms with Gasteiger partial charge in [0.25, 0.3) is 0 Å². The lowest BCUT2D eigenvalue weighted by molar-refractivity contribution is -0.147. The van der Waals surface area contributed by atoms with E-state index in [1.807, 2.05) is 56.3 Å². The zero-order chi connectivity index (χ0) is 30.6. The van der Waals surface area contributed by atoms with Gasteiger partial charge in [-0.15, -0.1) is 0 Å². The molecule has 0 radical (unpaired) electrons. The third-order valence-electron chi connectivity index (χ3n) is 7.09. The molecule has 2 amide bonds. The fourth-order valence-electron chi connectivity index (χ4n) is 4.61. The van der Waals surface area contributed by atoms with Gasteiger partial charge in [0.15, 0.2) is 5.78 Å². The van der Waals surface area contributed by atoms with Crippen LogP contribution in [0.25, 0.3) is 10.8 Å². The number of alkyl carbamates (subject to hydrolysis) is 1. The molecule has 2 aromatic rings. The summed E-state index contributed by atoms with van der Waals surface area (Å²) in [6.07, 6.45) is 2.06. The monoisotopic (exact) mass is 569 g/mol. The quantitative estimate of drug-likeness (QED) is 0.209. The lowest BCUT2D eigenvalue weighted by atomic mass is 9.87. The summed E-state index contributed by atoms with van der Waals surface area (Å²) in [6, 6.07) is 12.3. The molecule has 4 N–H and O–H groups in total. The Balaban J connectivity index is 1.96. The largest absolute Gasteiger partial charge is 0.469 e. The molecule has 0 saturated carbocycles. The van der Waals surface area contributed by atoms with Gasteiger partial charge in [0.2, 0.25) is 5.91 Å². The topological polar surface area (TPSA) is 137 Å². The van der Waals surface area contributed by atoms with Crippen LogP contribution < -0.4 is 16.4 Å². The number of rotatable bonds is 15. The van der Waals surface area contributed by atoms with E-state index in [0.717, 1.165) is 16.3 Å². The molecule has 0 aliphatic carbocycles. The molecule has 0 aliphatic heterocycles. The fraction of sp³-hybridized carbons (Fsp3) is 0.562. The number of ketones is 1. The summed E-state index contributed by atoms with van der Waals surface area (Å²) in [5, 5.41) is 7.74. The van der Waals surface area contributed by atoms with Crippen molar-refractivity contribution in [1.29, 1.82) is 0 Å². The summed E-state index contributed by atoms with van der Waals surface area (Å²) in [6.45, 7) is 9.60. The molecule has 4 atom stereocenters. The van der Waals surface area contributed by atoms with Gasteiger partial charge in [-0.1, -0.05) is 69.2 Å². The number of ether oxygens (including phenoxy) is 2. The van der Waals surface area contributed by atoms with Crippen molar-refractivity contribution in [3.8, 4) is 0 Å². The molecule has 0 heterocycles. The minimum Gasteiger partial charge on any atom is -0.469 e. The fourth-order valence-corrected chi connectivity index (χ4v) is 4.61. The van der Waals surface area contributed by atoms with Gasteiger partial charge in [0.05, 0.1) is 25.1 Å². The molecule has 0 bridgehead atoms. The van der Waals surface area contributed by atoms with Crippen molar-refractivity contribution in [2.75, 3.05) is 13.7 Å². The molecule has 0 aliphatic rings. The van der Waals surface area contributed by atoms with Gasteiger partial charge in [0, 0.05) is 13.0 Å². The number of fused-ring (bicyclic) bond motifs is 1. The Morgan fingerprint density at radius 1 is 1.00 bits per heavy atom. The highest BCUT2D eigenvalue weighted by atomic mass is 16.6. The second kappa shape index (κ2) is 16.1. The van der Waals surface area contributed by atoms with E-state index >= 15 is 0 Å². The molecule has 41 heavy (non-hydrogen) atoms. The number of carbonyl (C=O) groups excluding carboxylic acids is 4. The van der Waals surface area contributed by atoms with Crippen molar-refractivity contribution in [2.24, 2.45) is 17.6 Å². The van der Waals surface area contributed by atoms with Crippen LogP contribution in [0.2, 0.25) is 0 Å². The second-order valence-corrected chi connectivity index (χ2v) is 11.7. The number of hydrogen-bond acceptors (Lipinski definition) is 7. The molecular formula is C32H47N3O6. The summed E-state index contributed by atoms with van der Waals surface area (Å²) in [5.74, 6) is -1.90. The first-order chi connectivity index (χ1) is 19.3. The van der Waals surface area contributed by atoms with Gasteiger partial charge in [-0.2, -0.15) is 0 Å². The van der Waals surface area contributed by atoms with Gasteiger partial charge < -0.3 is 25.8 Å². The minimum absolute atomic E-state index is 0.0542. The molecule has 0 unspecified atom stereocenters. The highest BCUT2D eigenvalue weighted by Gasteiger charge is 2.31. The maximum absolute atomic E-state index is 13.4. The Morgan fingerprint density at radius 3 is 2.32 bits per heavy atom. The Bertz CT molecular complexity index is 1180. The number of nitrogens with one attached hydrogen (secondary N) is 2. The number of unbranched alkanes of at least 4 members (excludes halogenated alkanes) is 1. The van der Waals surface area contributed by atoms with Crippen LogP contribution >= 0.6 is 0 Å². The van der Waals surface area contributed by atoms with E-state index in [1.54, 1.807) is 20.8 Å². The summed E-state index contributed by atoms with van der Waals surface area (Å²) in [4.78, 5) is 50.8. The van der Waals surface area contributed by atoms with E-state index in [2.05, 4.69) is 10.6 Å². The van der Waals surface area contributed by atoms with E-state index in [-0.39, 0.29) is 18.1 Å². The number of methoxy groups -OCH3 is 1. The normalized spacial score (nSPS) is 14.4. The van der Waals surface area contributed by atoms with Gasteiger partial charge >= 0.3 is 12.1 Å². The smallest absolute Gasteiger partial charge is 0.407 e. The van der Waals surface area contributed by atoms with Crippen molar-refractivity contribution in [1.82, 2.24) is 10.6 Å². The molecular weight excluding hydrogens is 522 g/mol. The summed E-state index contributed by atoms with van der Waals surface area (Å²) < 4.78 is 10.2. The number of Topliss-reactive ketones (excluding diaryl/α,β-unsaturated/α-hetero) is 1. The zero-order valence-corrected chi connectivity index (χ0v) is 25.3. The number of esters is 1. The van der Waals surface area contributed by atoms with Crippen molar-refractivity contribution >= 4 is 34.5 Å². The molecule has 9 nitrogen and oxygen atoms in total. The first-order valence-electron chi connectivity index (χ1n) is 14.5. The Kier molecular flexibility index (Phi) is 13.3. The summed E-state index contributed by atoms with van der Waals surface area (Å²) in [5.41, 5.74) is 6.62. The van der Waals surface area contributed by atoms with E-state index in [4.69, 9.17) is 15.2 Å². The molecule has 9 heteroatoms. The third-order valence-corrected chi connectivity index (χ3v) is 7.09. The maximum atomic E-state index is 13.4. The zero-order valence-electron chi connectivity index (χ0n) is 25.3. The molecule has 0 spiro atoms. The molecule has 2 aromatic carbocycles. The SMILES string of the molecule is CC[C@H](C)[C@H](NC(=O)[C@@H](N)Cc1ccc2ccccc2c1)C(=O)C[C@@H](CCCCNC(=O)OC(C)(C)C)C(=O)OC. The summed E-state index contributed by atoms with van der Waals surface area (Å²) >= 11 is 0. The Morgan fingerprint density at radius 2 is 1.68 bits per heavy atom. The molecule has 2 rings (SSSR count). The van der Waals surface area contributed by atoms with E-state index in [0.29, 0.717) is 38.6 Å². The predicted octanol–water partition coefficient (Wildman–Crippen LogP) is 4.68. The average Bonchev–Trinajstić information content (AvgIpc) is 2.92. The van der Waals surface area contributed by atoms with Crippen molar-refractivity contribution < 1.29 is 28.7 Å². The molecule has 226 valence electrons. The Labute approximate surface area is 243 Å². The van der Waals surface area contributed by atoms with Crippen molar-refractivity contribution in [2.45, 2.75) is 90.8 Å². The van der Waals surface area contributed by atoms with Crippen LogP contribution in [0.5, 0.6) is 0 Å². The predicted molar refractivity (Wildman–Crippen MR) is 160 cm³/mol. The van der Waals surface area contributed by atoms with Crippen molar-refractivity contribution in [3.63, 3.8) is 0 Å². The lowest BCUT2D eigenvalue weighted by Crippen LogP contribution is -2.52. The van der Waals surface area contributed by atoms with Gasteiger partial charge in [-0.3, -0.25) is 14.4 Å². The van der Waals surface area contributed by atoms with Gasteiger partial charge in [-0.05, 0) is 62.3 Å². The van der Waals surface area contributed by atoms with Crippen LogP contribution in [-0.2, 0) is 30.3 Å². The van der Waals surface area contributed by atoms with Crippen LogP contribution in [0.4, 0.5) is 4.79 Å². The van der Waals surface area contributed by atoms with Crippen LogP contribution in [0.1, 0.15) is 72.3 Å². The van der Waals surface area contributed by atoms with E-state index in [1.165, 1.54) is 7.11 Å². The molecule has 0 saturated heterocycles. The first kappa shape index (κ1) is 33.7. The highest BCUT2D eigenvalue weighted by Crippen LogP contribution is 2.20. The average molecular weight is 570 g/mol. The van der Waals surface area contributed by atoms with Crippen molar-refractivity contribution in [3.05, 3.63) is 48.0 Å². The summed E-state index contributed by atoms with van der Waals surface area (Å²) in [7, 11) is 1.30. The first-order valence-corrected chi connectivity index (χ1v) is 14.5. The van der Waals surface area contributed by atoms with Crippen LogP contribution in [0, 0.1) is 11.8 Å². The third kappa shape index (κ3) is 11.5. The number of carbonyl (C=O) groups is 4. The van der Waals surface area contributed by atoms with E-state index < -0.39 is 41.6 Å². The van der Waals surface area contributed by atoms with Crippen LogP contribution in [-0.4, -0.2) is 55.1 Å². The number of amides is 2. The van der Waals surface area contributed by atoms with E-state index in [9.17, 15) is 19.2 Å². The number of hydrogen-bond donors (Lipinski definition) is 3. The van der Waals surface area contributed by atoms with Gasteiger partial charge in [0.1, 0.15) is 5.60 Å². The second-order valence-electron chi connectivity index (χ2n) is 11.7.